The minimum absolute atomic E-state index is 0.479. The largest absolute Gasteiger partial charge is 0.369 e. The molecule has 2 aromatic heterocycles. The molecule has 3 aromatic rings. The molecular formula is C15H19N7. The maximum absolute atomic E-state index is 4.29. The summed E-state index contributed by atoms with van der Waals surface area (Å²) >= 11 is 0. The molecular weight excluding hydrogens is 278 g/mol. The Hall–Kier alpha value is -2.70. The summed E-state index contributed by atoms with van der Waals surface area (Å²) in [6, 6.07) is 12.5. The molecule has 0 saturated heterocycles. The van der Waals surface area contributed by atoms with E-state index in [0.29, 0.717) is 17.5 Å². The highest BCUT2D eigenvalue weighted by Gasteiger charge is 2.08. The topological polar surface area (TPSA) is 71.2 Å². The van der Waals surface area contributed by atoms with Crippen LogP contribution in [0.4, 0.5) is 17.2 Å². The molecule has 0 spiro atoms. The number of tetrazole rings is 1. The van der Waals surface area contributed by atoms with Crippen LogP contribution < -0.4 is 10.2 Å². The van der Waals surface area contributed by atoms with E-state index in [4.69, 9.17) is 0 Å². The minimum atomic E-state index is 0.479. The van der Waals surface area contributed by atoms with E-state index in [2.05, 4.69) is 63.7 Å². The number of anilines is 3. The van der Waals surface area contributed by atoms with Crippen molar-refractivity contribution in [2.45, 2.75) is 26.8 Å². The number of hydrogen-bond donors (Lipinski definition) is 1. The van der Waals surface area contributed by atoms with Crippen LogP contribution in [0.3, 0.4) is 0 Å². The monoisotopic (exact) mass is 297 g/mol. The fourth-order valence-electron chi connectivity index (χ4n) is 2.45. The van der Waals surface area contributed by atoms with Gasteiger partial charge in [-0.1, -0.05) is 0 Å². The van der Waals surface area contributed by atoms with Gasteiger partial charge in [0.05, 0.1) is 0 Å². The van der Waals surface area contributed by atoms with Crippen LogP contribution in [0, 0.1) is 0 Å². The van der Waals surface area contributed by atoms with Gasteiger partial charge >= 0.3 is 0 Å². The molecule has 3 rings (SSSR count). The van der Waals surface area contributed by atoms with E-state index < -0.39 is 0 Å². The van der Waals surface area contributed by atoms with Gasteiger partial charge in [-0.05, 0) is 67.6 Å². The fraction of sp³-hybridized carbons (Fsp3) is 0.333. The van der Waals surface area contributed by atoms with Gasteiger partial charge < -0.3 is 10.2 Å². The molecule has 114 valence electrons. The van der Waals surface area contributed by atoms with Gasteiger partial charge in [0, 0.05) is 24.0 Å². The third kappa shape index (κ3) is 2.83. The average Bonchev–Trinajstić information content (AvgIpc) is 2.97. The lowest BCUT2D eigenvalue weighted by Gasteiger charge is -2.27. The molecule has 0 aliphatic heterocycles. The summed E-state index contributed by atoms with van der Waals surface area (Å²) in [6.45, 7) is 7.54. The first-order valence-electron chi connectivity index (χ1n) is 7.36. The van der Waals surface area contributed by atoms with E-state index in [-0.39, 0.29) is 0 Å². The van der Waals surface area contributed by atoms with Crippen molar-refractivity contribution < 1.29 is 0 Å². The van der Waals surface area contributed by atoms with E-state index in [1.165, 1.54) is 10.3 Å². The Morgan fingerprint density at radius 1 is 1.14 bits per heavy atom. The van der Waals surface area contributed by atoms with Crippen LogP contribution in [0.25, 0.3) is 5.65 Å². The maximum atomic E-state index is 4.29. The molecule has 1 aromatic carbocycles. The lowest BCUT2D eigenvalue weighted by Crippen LogP contribution is -2.30. The number of aromatic nitrogens is 5. The summed E-state index contributed by atoms with van der Waals surface area (Å²) < 4.78 is 1.40. The molecule has 0 aliphatic carbocycles. The van der Waals surface area contributed by atoms with Gasteiger partial charge in [-0.2, -0.15) is 0 Å². The number of hydrogen-bond acceptors (Lipinski definition) is 6. The summed E-state index contributed by atoms with van der Waals surface area (Å²) in [5.74, 6) is 0.698. The zero-order valence-corrected chi connectivity index (χ0v) is 12.9. The maximum Gasteiger partial charge on any atom is 0.200 e. The molecule has 7 heteroatoms. The van der Waals surface area contributed by atoms with Crippen molar-refractivity contribution in [3.8, 4) is 0 Å². The van der Waals surface area contributed by atoms with Crippen molar-refractivity contribution in [1.82, 2.24) is 25.3 Å². The normalized spacial score (nSPS) is 11.1. The Balaban J connectivity index is 1.78. The van der Waals surface area contributed by atoms with Gasteiger partial charge in [0.2, 0.25) is 0 Å². The first-order valence-corrected chi connectivity index (χ1v) is 7.36. The zero-order chi connectivity index (χ0) is 15.5. The lowest BCUT2D eigenvalue weighted by molar-refractivity contribution is 0.704. The van der Waals surface area contributed by atoms with Gasteiger partial charge in [-0.15, -0.1) is 14.8 Å². The van der Waals surface area contributed by atoms with Gasteiger partial charge in [0.1, 0.15) is 0 Å². The van der Waals surface area contributed by atoms with Crippen molar-refractivity contribution in [2.75, 3.05) is 16.8 Å². The third-order valence-corrected chi connectivity index (χ3v) is 3.50. The van der Waals surface area contributed by atoms with E-state index in [0.717, 1.165) is 12.2 Å². The fourth-order valence-corrected chi connectivity index (χ4v) is 2.45. The van der Waals surface area contributed by atoms with E-state index >= 15 is 0 Å². The lowest BCUT2D eigenvalue weighted by atomic mass is 10.2. The molecule has 0 radical (unpaired) electrons. The van der Waals surface area contributed by atoms with Gasteiger partial charge in [0.25, 0.3) is 0 Å². The Bertz CT molecular complexity index is 748. The highest BCUT2D eigenvalue weighted by Crippen LogP contribution is 2.21. The number of nitrogens with zero attached hydrogens (tertiary/aromatic N) is 6. The van der Waals surface area contributed by atoms with Gasteiger partial charge in [0.15, 0.2) is 11.5 Å². The molecule has 0 fully saturated rings. The van der Waals surface area contributed by atoms with Crippen molar-refractivity contribution in [3.63, 3.8) is 0 Å². The smallest absolute Gasteiger partial charge is 0.200 e. The second kappa shape index (κ2) is 5.97. The summed E-state index contributed by atoms with van der Waals surface area (Å²) in [5.41, 5.74) is 2.81. The standard InChI is InChI=1S/C15H19N7/c1-4-21(11(2)3)13-7-5-12(6-8-13)16-14-9-10-15-17-19-20-22(15)18-14/h5-11H,4H2,1-3H3,(H,16,18). The predicted octanol–water partition coefficient (Wildman–Crippen LogP) is 2.50. The first kappa shape index (κ1) is 14.2. The number of nitrogens with one attached hydrogen (secondary N) is 1. The SMILES string of the molecule is CCN(c1ccc(Nc2ccc3nnnn3n2)cc1)C(C)C. The molecule has 0 unspecified atom stereocenters. The minimum Gasteiger partial charge on any atom is -0.369 e. The predicted molar refractivity (Wildman–Crippen MR) is 86.5 cm³/mol. The summed E-state index contributed by atoms with van der Waals surface area (Å²) in [5, 5.41) is 18.7. The van der Waals surface area contributed by atoms with E-state index in [9.17, 15) is 0 Å². The van der Waals surface area contributed by atoms with E-state index in [1.54, 1.807) is 0 Å². The zero-order valence-electron chi connectivity index (χ0n) is 12.9. The Kier molecular flexibility index (Phi) is 3.86. The Morgan fingerprint density at radius 3 is 2.59 bits per heavy atom. The average molecular weight is 297 g/mol. The number of fused-ring (bicyclic) bond motifs is 1. The van der Waals surface area contributed by atoms with Crippen molar-refractivity contribution in [3.05, 3.63) is 36.4 Å². The highest BCUT2D eigenvalue weighted by molar-refractivity contribution is 5.61. The highest BCUT2D eigenvalue weighted by atomic mass is 15.6. The van der Waals surface area contributed by atoms with Crippen LogP contribution in [0.2, 0.25) is 0 Å². The summed E-state index contributed by atoms with van der Waals surface area (Å²) in [7, 11) is 0. The molecule has 2 heterocycles. The number of benzene rings is 1. The van der Waals surface area contributed by atoms with Crippen LogP contribution in [0.15, 0.2) is 36.4 Å². The van der Waals surface area contributed by atoms with Crippen LogP contribution in [0.5, 0.6) is 0 Å². The second-order valence-corrected chi connectivity index (χ2v) is 5.30. The van der Waals surface area contributed by atoms with Crippen LogP contribution in [-0.2, 0) is 0 Å². The van der Waals surface area contributed by atoms with E-state index in [1.807, 2.05) is 24.3 Å². The summed E-state index contributed by atoms with van der Waals surface area (Å²) in [4.78, 5) is 2.34. The molecule has 0 amide bonds. The Morgan fingerprint density at radius 2 is 1.91 bits per heavy atom. The molecule has 22 heavy (non-hydrogen) atoms. The van der Waals surface area contributed by atoms with Gasteiger partial charge in [-0.25, -0.2) is 0 Å². The van der Waals surface area contributed by atoms with Crippen LogP contribution >= 0.6 is 0 Å². The van der Waals surface area contributed by atoms with Crippen molar-refractivity contribution in [1.29, 1.82) is 0 Å². The second-order valence-electron chi connectivity index (χ2n) is 5.30. The molecule has 0 bridgehead atoms. The van der Waals surface area contributed by atoms with Crippen LogP contribution in [-0.4, -0.2) is 37.8 Å². The molecule has 7 nitrogen and oxygen atoms in total. The van der Waals surface area contributed by atoms with Gasteiger partial charge in [-0.3, -0.25) is 0 Å². The summed E-state index contributed by atoms with van der Waals surface area (Å²) in [6.07, 6.45) is 0. The third-order valence-electron chi connectivity index (χ3n) is 3.50. The Labute approximate surface area is 128 Å². The molecule has 0 saturated carbocycles. The van der Waals surface area contributed by atoms with Crippen molar-refractivity contribution in [2.24, 2.45) is 0 Å². The first-order chi connectivity index (χ1) is 10.7. The molecule has 0 atom stereocenters. The van der Waals surface area contributed by atoms with Crippen molar-refractivity contribution >= 4 is 22.8 Å². The molecule has 0 aliphatic rings. The number of rotatable bonds is 5. The quantitative estimate of drug-likeness (QED) is 0.780. The molecule has 1 N–H and O–H groups in total. The van der Waals surface area contributed by atoms with Crippen LogP contribution in [0.1, 0.15) is 20.8 Å².